The van der Waals surface area contributed by atoms with Gasteiger partial charge in [0.25, 0.3) is 11.7 Å². The Labute approximate surface area is 197 Å². The lowest BCUT2D eigenvalue weighted by Crippen LogP contribution is -2.30. The molecule has 0 aliphatic carbocycles. The van der Waals surface area contributed by atoms with Gasteiger partial charge in [-0.05, 0) is 54.4 Å². The molecule has 1 fully saturated rings. The maximum Gasteiger partial charge on any atom is 0.416 e. The molecule has 1 amide bonds. The van der Waals surface area contributed by atoms with Crippen molar-refractivity contribution in [3.8, 4) is 11.5 Å². The van der Waals surface area contributed by atoms with Gasteiger partial charge < -0.3 is 14.6 Å². The number of carbonyl (C=O) groups is 2. The predicted molar refractivity (Wildman–Crippen MR) is 120 cm³/mol. The Morgan fingerprint density at radius 2 is 1.71 bits per heavy atom. The number of anilines is 1. The summed E-state index contributed by atoms with van der Waals surface area (Å²) in [4.78, 5) is 27.4. The highest BCUT2D eigenvalue weighted by molar-refractivity contribution is 6.51. The molecular formula is C26H18F3NO5. The number of fused-ring (bicyclic) bond motifs is 1. The average molecular weight is 481 g/mol. The van der Waals surface area contributed by atoms with Gasteiger partial charge in [-0.15, -0.1) is 0 Å². The summed E-state index contributed by atoms with van der Waals surface area (Å²) in [6, 6.07) is 14.5. The van der Waals surface area contributed by atoms with E-state index in [0.29, 0.717) is 22.6 Å². The normalized spacial score (nSPS) is 18.9. The van der Waals surface area contributed by atoms with Gasteiger partial charge in [0.05, 0.1) is 17.2 Å². The number of halogens is 3. The molecule has 35 heavy (non-hydrogen) atoms. The van der Waals surface area contributed by atoms with Crippen LogP contribution in [0, 0.1) is 6.92 Å². The van der Waals surface area contributed by atoms with E-state index in [1.54, 1.807) is 37.3 Å². The van der Waals surface area contributed by atoms with E-state index in [0.717, 1.165) is 17.0 Å². The van der Waals surface area contributed by atoms with Crippen LogP contribution in [0.4, 0.5) is 18.9 Å². The summed E-state index contributed by atoms with van der Waals surface area (Å²) >= 11 is 0. The van der Waals surface area contributed by atoms with Crippen molar-refractivity contribution in [2.24, 2.45) is 0 Å². The van der Waals surface area contributed by atoms with Crippen molar-refractivity contribution in [1.82, 2.24) is 0 Å². The molecule has 1 saturated heterocycles. The van der Waals surface area contributed by atoms with E-state index in [9.17, 15) is 27.9 Å². The smallest absolute Gasteiger partial charge is 0.416 e. The third-order valence-electron chi connectivity index (χ3n) is 6.03. The lowest BCUT2D eigenvalue weighted by molar-refractivity contribution is -0.137. The highest BCUT2D eigenvalue weighted by atomic mass is 19.4. The van der Waals surface area contributed by atoms with E-state index in [1.807, 2.05) is 0 Å². The predicted octanol–water partition coefficient (Wildman–Crippen LogP) is 5.37. The largest absolute Gasteiger partial charge is 0.507 e. The zero-order valence-electron chi connectivity index (χ0n) is 18.3. The topological polar surface area (TPSA) is 76.1 Å². The van der Waals surface area contributed by atoms with E-state index < -0.39 is 35.2 Å². The zero-order valence-corrected chi connectivity index (χ0v) is 18.3. The molecule has 0 bridgehead atoms. The maximum absolute atomic E-state index is 13.4. The number of hydrogen-bond donors (Lipinski definition) is 1. The van der Waals surface area contributed by atoms with E-state index in [2.05, 4.69) is 0 Å². The number of ether oxygens (including phenoxy) is 2. The highest BCUT2D eigenvalue weighted by Crippen LogP contribution is 2.45. The monoisotopic (exact) mass is 481 g/mol. The van der Waals surface area contributed by atoms with Gasteiger partial charge in [0.2, 0.25) is 6.79 Å². The van der Waals surface area contributed by atoms with Crippen molar-refractivity contribution in [1.29, 1.82) is 0 Å². The fourth-order valence-electron chi connectivity index (χ4n) is 4.32. The number of nitrogens with zero attached hydrogens (tertiary/aromatic N) is 1. The van der Waals surface area contributed by atoms with Crippen molar-refractivity contribution in [3.63, 3.8) is 0 Å². The SMILES string of the molecule is Cc1ccccc1C1/C(=C(\O)c2ccc3c(c2)OCO3)C(=O)C(=O)N1c1cccc(C(F)(F)F)c1. The average Bonchev–Trinajstić information content (AvgIpc) is 3.40. The molecule has 1 unspecified atom stereocenters. The first-order valence-corrected chi connectivity index (χ1v) is 10.6. The van der Waals surface area contributed by atoms with Gasteiger partial charge in [-0.1, -0.05) is 30.3 Å². The van der Waals surface area contributed by atoms with Crippen LogP contribution < -0.4 is 14.4 Å². The van der Waals surface area contributed by atoms with Crippen molar-refractivity contribution in [2.45, 2.75) is 19.1 Å². The number of ketones is 1. The third-order valence-corrected chi connectivity index (χ3v) is 6.03. The number of benzene rings is 3. The van der Waals surface area contributed by atoms with Crippen LogP contribution in [0.5, 0.6) is 11.5 Å². The minimum atomic E-state index is -4.64. The molecule has 0 aromatic heterocycles. The lowest BCUT2D eigenvalue weighted by atomic mass is 9.92. The first-order valence-electron chi connectivity index (χ1n) is 10.6. The molecule has 0 spiro atoms. The van der Waals surface area contributed by atoms with Crippen molar-refractivity contribution < 1.29 is 37.3 Å². The van der Waals surface area contributed by atoms with Crippen LogP contribution in [0.2, 0.25) is 0 Å². The molecule has 1 N–H and O–H groups in total. The second-order valence-electron chi connectivity index (χ2n) is 8.14. The van der Waals surface area contributed by atoms with Crippen LogP contribution in [0.3, 0.4) is 0 Å². The summed E-state index contributed by atoms with van der Waals surface area (Å²) in [5, 5.41) is 11.2. The van der Waals surface area contributed by atoms with Gasteiger partial charge >= 0.3 is 6.18 Å². The number of amides is 1. The second-order valence-corrected chi connectivity index (χ2v) is 8.14. The standard InChI is InChI=1S/C26H18F3NO5/c1-14-5-2-3-8-18(14)22-21(23(31)15-9-10-19-20(11-15)35-13-34-19)24(32)25(33)30(22)17-7-4-6-16(12-17)26(27,28)29/h2-12,22,31H,13H2,1H3/b23-21+. The van der Waals surface area contributed by atoms with Gasteiger partial charge in [0, 0.05) is 11.3 Å². The number of aliphatic hydroxyl groups is 1. The number of Topliss-reactive ketones (excluding diaryl/α,β-unsaturated/α-hetero) is 1. The quantitative estimate of drug-likeness (QED) is 0.309. The van der Waals surface area contributed by atoms with E-state index in [1.165, 1.54) is 24.3 Å². The minimum Gasteiger partial charge on any atom is -0.507 e. The fourth-order valence-corrected chi connectivity index (χ4v) is 4.32. The fraction of sp³-hybridized carbons (Fsp3) is 0.154. The van der Waals surface area contributed by atoms with Crippen molar-refractivity contribution in [2.75, 3.05) is 11.7 Å². The Kier molecular flexibility index (Phi) is 5.27. The van der Waals surface area contributed by atoms with Crippen LogP contribution >= 0.6 is 0 Å². The Bertz CT molecular complexity index is 1400. The number of carbonyl (C=O) groups excluding carboxylic acids is 2. The van der Waals surface area contributed by atoms with Gasteiger partial charge in [-0.3, -0.25) is 14.5 Å². The first-order chi connectivity index (χ1) is 16.7. The van der Waals surface area contributed by atoms with Crippen LogP contribution in [0.1, 0.15) is 28.3 Å². The molecule has 0 radical (unpaired) electrons. The molecule has 0 saturated carbocycles. The second kappa shape index (κ2) is 8.19. The van der Waals surface area contributed by atoms with Crippen molar-refractivity contribution >= 4 is 23.1 Å². The van der Waals surface area contributed by atoms with Gasteiger partial charge in [0.1, 0.15) is 5.76 Å². The summed E-state index contributed by atoms with van der Waals surface area (Å²) in [5.41, 5.74) is 0.0749. The molecule has 9 heteroatoms. The molecule has 1 atom stereocenters. The molecule has 2 aliphatic heterocycles. The Morgan fingerprint density at radius 3 is 2.46 bits per heavy atom. The highest BCUT2D eigenvalue weighted by Gasteiger charge is 2.48. The van der Waals surface area contributed by atoms with Crippen LogP contribution in [0.25, 0.3) is 5.76 Å². The Balaban J connectivity index is 1.72. The van der Waals surface area contributed by atoms with Crippen molar-refractivity contribution in [3.05, 3.63) is 94.6 Å². The van der Waals surface area contributed by atoms with Gasteiger partial charge in [-0.25, -0.2) is 0 Å². The van der Waals surface area contributed by atoms with Gasteiger partial charge in [0.15, 0.2) is 11.5 Å². The van der Waals surface area contributed by atoms with E-state index in [-0.39, 0.29) is 23.6 Å². The van der Waals surface area contributed by atoms with Crippen LogP contribution in [0.15, 0.2) is 72.3 Å². The number of aryl methyl sites for hydroxylation is 1. The number of hydrogen-bond acceptors (Lipinski definition) is 5. The Morgan fingerprint density at radius 1 is 0.971 bits per heavy atom. The molecule has 2 heterocycles. The Hall–Kier alpha value is -4.27. The van der Waals surface area contributed by atoms with Crippen LogP contribution in [-0.4, -0.2) is 23.6 Å². The molecule has 2 aliphatic rings. The molecule has 6 nitrogen and oxygen atoms in total. The maximum atomic E-state index is 13.4. The first kappa shape index (κ1) is 22.5. The lowest BCUT2D eigenvalue weighted by Gasteiger charge is -2.27. The molecule has 3 aromatic rings. The number of rotatable bonds is 3. The summed E-state index contributed by atoms with van der Waals surface area (Å²) < 4.78 is 50.8. The molecule has 178 valence electrons. The summed E-state index contributed by atoms with van der Waals surface area (Å²) in [5.74, 6) is -1.70. The molecule has 3 aromatic carbocycles. The summed E-state index contributed by atoms with van der Waals surface area (Å²) in [7, 11) is 0. The molecule has 5 rings (SSSR count). The van der Waals surface area contributed by atoms with E-state index >= 15 is 0 Å². The number of alkyl halides is 3. The van der Waals surface area contributed by atoms with Crippen LogP contribution in [-0.2, 0) is 15.8 Å². The van der Waals surface area contributed by atoms with E-state index in [4.69, 9.17) is 9.47 Å². The minimum absolute atomic E-state index is 0.00267. The van der Waals surface area contributed by atoms with Gasteiger partial charge in [-0.2, -0.15) is 13.2 Å². The third kappa shape index (κ3) is 3.78. The number of aliphatic hydroxyl groups excluding tert-OH is 1. The zero-order chi connectivity index (χ0) is 24.9. The summed E-state index contributed by atoms with van der Waals surface area (Å²) in [6.07, 6.45) is -4.64. The molecular weight excluding hydrogens is 463 g/mol. The summed E-state index contributed by atoms with van der Waals surface area (Å²) in [6.45, 7) is 1.75.